The van der Waals surface area contributed by atoms with Crippen LogP contribution in [0.5, 0.6) is 11.5 Å². The standard InChI is InChI=1S/C22H18ClN3O5S2/c1-30-17-11-12-18(31-2)20-19(17)24-22(32-20)25-21(27)13-3-7-15(8-4-13)26-33(28,29)16-9-5-14(23)6-10-16/h3-12,26H,1-2H3,(H,24,25,27). The number of rotatable bonds is 7. The van der Waals surface area contributed by atoms with E-state index in [4.69, 9.17) is 21.1 Å². The number of fused-ring (bicyclic) bond motifs is 1. The van der Waals surface area contributed by atoms with Gasteiger partial charge in [-0.3, -0.25) is 14.8 Å². The van der Waals surface area contributed by atoms with Gasteiger partial charge in [0.05, 0.1) is 19.1 Å². The van der Waals surface area contributed by atoms with Gasteiger partial charge in [-0.2, -0.15) is 0 Å². The molecule has 0 radical (unpaired) electrons. The minimum absolute atomic E-state index is 0.0791. The lowest BCUT2D eigenvalue weighted by Gasteiger charge is -2.09. The highest BCUT2D eigenvalue weighted by Gasteiger charge is 2.17. The Morgan fingerprint density at radius 3 is 2.21 bits per heavy atom. The minimum Gasteiger partial charge on any atom is -0.495 e. The first-order valence-corrected chi connectivity index (χ1v) is 12.2. The van der Waals surface area contributed by atoms with Gasteiger partial charge in [0.15, 0.2) is 5.13 Å². The molecular formula is C22H18ClN3O5S2. The molecule has 170 valence electrons. The number of carbonyl (C=O) groups excluding carboxylic acids is 1. The van der Waals surface area contributed by atoms with Crippen molar-refractivity contribution in [3.63, 3.8) is 0 Å². The molecule has 1 aromatic heterocycles. The molecule has 1 heterocycles. The van der Waals surface area contributed by atoms with Gasteiger partial charge in [-0.05, 0) is 60.7 Å². The van der Waals surface area contributed by atoms with Crippen molar-refractivity contribution in [2.45, 2.75) is 4.90 Å². The highest BCUT2D eigenvalue weighted by atomic mass is 35.5. The summed E-state index contributed by atoms with van der Waals surface area (Å²) < 4.78 is 38.9. The number of carbonyl (C=O) groups is 1. The maximum Gasteiger partial charge on any atom is 0.261 e. The Bertz CT molecular complexity index is 1380. The van der Waals surface area contributed by atoms with Crippen LogP contribution in [0.4, 0.5) is 10.8 Å². The molecule has 0 saturated carbocycles. The molecular weight excluding hydrogens is 486 g/mol. The van der Waals surface area contributed by atoms with Gasteiger partial charge in [0.2, 0.25) is 0 Å². The molecule has 0 unspecified atom stereocenters. The average Bonchev–Trinajstić information content (AvgIpc) is 3.22. The van der Waals surface area contributed by atoms with E-state index in [-0.39, 0.29) is 10.8 Å². The number of halogens is 1. The quantitative estimate of drug-likeness (QED) is 0.367. The number of nitrogens with zero attached hydrogens (tertiary/aromatic N) is 1. The molecule has 0 bridgehead atoms. The number of aromatic nitrogens is 1. The van der Waals surface area contributed by atoms with E-state index in [1.807, 2.05) is 0 Å². The smallest absolute Gasteiger partial charge is 0.261 e. The van der Waals surface area contributed by atoms with Crippen molar-refractivity contribution in [3.8, 4) is 11.5 Å². The largest absolute Gasteiger partial charge is 0.495 e. The number of hydrogen-bond donors (Lipinski definition) is 2. The molecule has 0 atom stereocenters. The van der Waals surface area contributed by atoms with Gasteiger partial charge in [0, 0.05) is 16.3 Å². The fourth-order valence-electron chi connectivity index (χ4n) is 3.03. The number of methoxy groups -OCH3 is 2. The summed E-state index contributed by atoms with van der Waals surface area (Å²) in [6.45, 7) is 0. The molecule has 8 nitrogen and oxygen atoms in total. The lowest BCUT2D eigenvalue weighted by Crippen LogP contribution is -2.14. The van der Waals surface area contributed by atoms with Gasteiger partial charge in [-0.25, -0.2) is 13.4 Å². The first-order valence-electron chi connectivity index (χ1n) is 9.52. The molecule has 2 N–H and O–H groups in total. The molecule has 0 spiro atoms. The average molecular weight is 504 g/mol. The number of anilines is 2. The van der Waals surface area contributed by atoms with Crippen molar-refractivity contribution in [1.29, 1.82) is 0 Å². The second kappa shape index (κ2) is 9.26. The normalized spacial score (nSPS) is 11.2. The first kappa shape index (κ1) is 22.8. The van der Waals surface area contributed by atoms with Gasteiger partial charge in [-0.15, -0.1) is 0 Å². The zero-order chi connectivity index (χ0) is 23.6. The van der Waals surface area contributed by atoms with E-state index in [1.165, 1.54) is 59.9 Å². The second-order valence-electron chi connectivity index (χ2n) is 6.76. The number of ether oxygens (including phenoxy) is 2. The van der Waals surface area contributed by atoms with E-state index in [0.717, 1.165) is 4.70 Å². The van der Waals surface area contributed by atoms with Gasteiger partial charge in [0.25, 0.3) is 15.9 Å². The third-order valence-corrected chi connectivity index (χ3v) is 7.29. The Kier molecular flexibility index (Phi) is 6.41. The Morgan fingerprint density at radius 2 is 1.58 bits per heavy atom. The number of amides is 1. The molecule has 0 fully saturated rings. The Balaban J connectivity index is 1.50. The number of benzene rings is 3. The SMILES string of the molecule is COc1ccc(OC)c2sc(NC(=O)c3ccc(NS(=O)(=O)c4ccc(Cl)cc4)cc3)nc12. The van der Waals surface area contributed by atoms with Crippen LogP contribution in [0.1, 0.15) is 10.4 Å². The van der Waals surface area contributed by atoms with Gasteiger partial charge < -0.3 is 9.47 Å². The van der Waals surface area contributed by atoms with Crippen molar-refractivity contribution in [1.82, 2.24) is 4.98 Å². The molecule has 0 saturated heterocycles. The van der Waals surface area contributed by atoms with Crippen molar-refractivity contribution in [3.05, 3.63) is 71.2 Å². The van der Waals surface area contributed by atoms with E-state index in [2.05, 4.69) is 15.0 Å². The number of sulfonamides is 1. The Morgan fingerprint density at radius 1 is 0.939 bits per heavy atom. The van der Waals surface area contributed by atoms with Crippen LogP contribution >= 0.6 is 22.9 Å². The molecule has 11 heteroatoms. The third kappa shape index (κ3) is 4.87. The summed E-state index contributed by atoms with van der Waals surface area (Å²) in [5.41, 5.74) is 1.24. The monoisotopic (exact) mass is 503 g/mol. The van der Waals surface area contributed by atoms with Crippen LogP contribution in [0, 0.1) is 0 Å². The van der Waals surface area contributed by atoms with Crippen molar-refractivity contribution >= 4 is 59.9 Å². The van der Waals surface area contributed by atoms with Crippen LogP contribution in [0.15, 0.2) is 65.6 Å². The van der Waals surface area contributed by atoms with E-state index in [1.54, 1.807) is 26.4 Å². The molecule has 0 aliphatic heterocycles. The minimum atomic E-state index is -3.78. The fourth-order valence-corrected chi connectivity index (χ4v) is 5.18. The zero-order valence-corrected chi connectivity index (χ0v) is 19.8. The maximum atomic E-state index is 12.7. The molecule has 1 amide bonds. The third-order valence-electron chi connectivity index (χ3n) is 4.65. The van der Waals surface area contributed by atoms with Gasteiger partial charge >= 0.3 is 0 Å². The van der Waals surface area contributed by atoms with Crippen molar-refractivity contribution in [2.24, 2.45) is 0 Å². The topological polar surface area (TPSA) is 107 Å². The number of hydrogen-bond acceptors (Lipinski definition) is 7. The van der Waals surface area contributed by atoms with Crippen LogP contribution < -0.4 is 19.5 Å². The van der Waals surface area contributed by atoms with Crippen molar-refractivity contribution in [2.75, 3.05) is 24.3 Å². The summed E-state index contributed by atoms with van der Waals surface area (Å²) in [5, 5.41) is 3.57. The van der Waals surface area contributed by atoms with E-state index >= 15 is 0 Å². The molecule has 4 rings (SSSR count). The number of thiazole rings is 1. The molecule has 33 heavy (non-hydrogen) atoms. The summed E-state index contributed by atoms with van der Waals surface area (Å²) in [7, 11) is -0.680. The first-order chi connectivity index (χ1) is 15.8. The molecule has 0 aliphatic carbocycles. The van der Waals surface area contributed by atoms with Gasteiger partial charge in [-0.1, -0.05) is 22.9 Å². The van der Waals surface area contributed by atoms with Gasteiger partial charge in [0.1, 0.15) is 21.7 Å². The zero-order valence-electron chi connectivity index (χ0n) is 17.5. The molecule has 4 aromatic rings. The summed E-state index contributed by atoms with van der Waals surface area (Å²) in [4.78, 5) is 17.2. The van der Waals surface area contributed by atoms with Crippen LogP contribution in [0.2, 0.25) is 5.02 Å². The highest BCUT2D eigenvalue weighted by molar-refractivity contribution is 7.92. The van der Waals surface area contributed by atoms with E-state index < -0.39 is 10.0 Å². The summed E-state index contributed by atoms with van der Waals surface area (Å²) >= 11 is 7.07. The number of nitrogens with one attached hydrogen (secondary N) is 2. The molecule has 3 aromatic carbocycles. The maximum absolute atomic E-state index is 12.7. The predicted molar refractivity (Wildman–Crippen MR) is 129 cm³/mol. The summed E-state index contributed by atoms with van der Waals surface area (Å²) in [6, 6.07) is 15.4. The highest BCUT2D eigenvalue weighted by Crippen LogP contribution is 2.38. The van der Waals surface area contributed by atoms with Crippen LogP contribution in [0.3, 0.4) is 0 Å². The van der Waals surface area contributed by atoms with E-state index in [9.17, 15) is 13.2 Å². The summed E-state index contributed by atoms with van der Waals surface area (Å²) in [6.07, 6.45) is 0. The molecule has 0 aliphatic rings. The lowest BCUT2D eigenvalue weighted by molar-refractivity contribution is 0.102. The van der Waals surface area contributed by atoms with Crippen LogP contribution in [-0.4, -0.2) is 33.5 Å². The Labute approximate surface area is 199 Å². The second-order valence-corrected chi connectivity index (χ2v) is 9.88. The summed E-state index contributed by atoms with van der Waals surface area (Å²) in [5.74, 6) is 0.806. The Hall–Kier alpha value is -3.34. The fraction of sp³-hybridized carbons (Fsp3) is 0.0909. The van der Waals surface area contributed by atoms with E-state index in [0.29, 0.717) is 38.4 Å². The van der Waals surface area contributed by atoms with Crippen molar-refractivity contribution < 1.29 is 22.7 Å². The van der Waals surface area contributed by atoms with Crippen LogP contribution in [-0.2, 0) is 10.0 Å². The van der Waals surface area contributed by atoms with Crippen LogP contribution in [0.25, 0.3) is 10.2 Å². The predicted octanol–water partition coefficient (Wildman–Crippen LogP) is 5.02. The lowest BCUT2D eigenvalue weighted by atomic mass is 10.2.